The Morgan fingerprint density at radius 3 is 2.58 bits per heavy atom. The topological polar surface area (TPSA) is 61.8 Å². The van der Waals surface area contributed by atoms with Crippen molar-refractivity contribution in [3.63, 3.8) is 0 Å². The molecule has 0 aromatic heterocycles. The van der Waals surface area contributed by atoms with Crippen LogP contribution in [0.3, 0.4) is 0 Å². The Balaban J connectivity index is 1.79. The Kier molecular flexibility index (Phi) is 5.32. The summed E-state index contributed by atoms with van der Waals surface area (Å²) >= 11 is 1.10. The molecule has 1 aliphatic heterocycles. The smallest absolute Gasteiger partial charge is 0.238 e. The Morgan fingerprint density at radius 1 is 1.19 bits per heavy atom. The summed E-state index contributed by atoms with van der Waals surface area (Å²) in [6.07, 6.45) is -0.0239. The predicted octanol–water partition coefficient (Wildman–Crippen LogP) is 3.55. The summed E-state index contributed by atoms with van der Waals surface area (Å²) in [5.74, 6) is -1.70. The molecule has 1 N–H and O–H groups in total. The van der Waals surface area contributed by atoms with Crippen molar-refractivity contribution in [3.8, 4) is 0 Å². The van der Waals surface area contributed by atoms with E-state index >= 15 is 0 Å². The zero-order valence-electron chi connectivity index (χ0n) is 13.8. The number of benzene rings is 2. The normalized spacial score (nSPS) is 18.9. The first-order valence-corrected chi connectivity index (χ1v) is 8.65. The van der Waals surface area contributed by atoms with Gasteiger partial charge in [-0.1, -0.05) is 23.9 Å². The zero-order chi connectivity index (χ0) is 18.7. The number of carbonyl (C=O) groups excluding carboxylic acids is 2. The van der Waals surface area contributed by atoms with E-state index in [-0.39, 0.29) is 18.0 Å². The second-order valence-corrected chi connectivity index (χ2v) is 6.77. The van der Waals surface area contributed by atoms with E-state index in [4.69, 9.17) is 0 Å². The van der Waals surface area contributed by atoms with E-state index in [1.54, 1.807) is 13.1 Å². The number of anilines is 1. The molecule has 2 aromatic rings. The third-order valence-electron chi connectivity index (χ3n) is 3.74. The van der Waals surface area contributed by atoms with Crippen LogP contribution in [0.15, 0.2) is 53.5 Å². The van der Waals surface area contributed by atoms with Crippen molar-refractivity contribution < 1.29 is 18.4 Å². The lowest BCUT2D eigenvalue weighted by atomic mass is 10.2. The summed E-state index contributed by atoms with van der Waals surface area (Å²) in [7, 11) is 1.56. The lowest BCUT2D eigenvalue weighted by molar-refractivity contribution is -0.128. The molecule has 0 spiro atoms. The van der Waals surface area contributed by atoms with Crippen molar-refractivity contribution in [1.29, 1.82) is 0 Å². The number of hydrogen-bond acceptors (Lipinski definition) is 4. The summed E-state index contributed by atoms with van der Waals surface area (Å²) in [6.45, 7) is 0. The van der Waals surface area contributed by atoms with Crippen LogP contribution >= 0.6 is 11.8 Å². The molecule has 0 aliphatic carbocycles. The van der Waals surface area contributed by atoms with E-state index in [1.807, 2.05) is 0 Å². The van der Waals surface area contributed by atoms with Gasteiger partial charge in [0.1, 0.15) is 16.9 Å². The Hall–Kier alpha value is -2.74. The number of amidine groups is 1. The lowest BCUT2D eigenvalue weighted by Gasteiger charge is -2.28. The van der Waals surface area contributed by atoms with Crippen molar-refractivity contribution in [2.75, 3.05) is 12.4 Å². The van der Waals surface area contributed by atoms with Crippen molar-refractivity contribution in [1.82, 2.24) is 4.90 Å². The van der Waals surface area contributed by atoms with Crippen molar-refractivity contribution in [3.05, 3.63) is 60.2 Å². The van der Waals surface area contributed by atoms with Crippen LogP contribution < -0.4 is 5.32 Å². The van der Waals surface area contributed by atoms with Gasteiger partial charge in [-0.05, 0) is 36.4 Å². The van der Waals surface area contributed by atoms with Crippen LogP contribution in [0, 0.1) is 11.6 Å². The number of halogens is 2. The number of para-hydroxylation sites is 1. The highest BCUT2D eigenvalue weighted by Gasteiger charge is 2.34. The monoisotopic (exact) mass is 375 g/mol. The number of amides is 2. The van der Waals surface area contributed by atoms with Gasteiger partial charge < -0.3 is 5.32 Å². The summed E-state index contributed by atoms with van der Waals surface area (Å²) in [5, 5.41) is 2.08. The van der Waals surface area contributed by atoms with Crippen LogP contribution in [0.2, 0.25) is 0 Å². The van der Waals surface area contributed by atoms with Gasteiger partial charge in [0.15, 0.2) is 5.17 Å². The van der Waals surface area contributed by atoms with Crippen LogP contribution in [-0.4, -0.2) is 34.2 Å². The highest BCUT2D eigenvalue weighted by atomic mass is 32.2. The Labute approximate surface area is 153 Å². The largest absolute Gasteiger partial charge is 0.323 e. The van der Waals surface area contributed by atoms with Gasteiger partial charge in [-0.2, -0.15) is 0 Å². The standard InChI is InChI=1S/C18H15F2N3O2S/c1-23-16(24)10-15(17(25)22-14-5-3-2-4-13(14)20)26-18(23)21-12-8-6-11(19)7-9-12/h2-9,15H,10H2,1H3,(H,22,25)/t15-/m0/s1. The number of thioether (sulfide) groups is 1. The molecule has 1 aliphatic rings. The fraction of sp³-hybridized carbons (Fsp3) is 0.167. The number of hydrogen-bond donors (Lipinski definition) is 1. The minimum Gasteiger partial charge on any atom is -0.323 e. The van der Waals surface area contributed by atoms with Gasteiger partial charge in [-0.25, -0.2) is 13.8 Å². The van der Waals surface area contributed by atoms with Crippen molar-refractivity contribution >= 4 is 40.1 Å². The lowest BCUT2D eigenvalue weighted by Crippen LogP contribution is -2.43. The molecule has 0 radical (unpaired) electrons. The molecule has 5 nitrogen and oxygen atoms in total. The number of nitrogens with one attached hydrogen (secondary N) is 1. The molecule has 1 atom stereocenters. The molecule has 0 bridgehead atoms. The maximum atomic E-state index is 13.7. The molecule has 26 heavy (non-hydrogen) atoms. The molecular weight excluding hydrogens is 360 g/mol. The van der Waals surface area contributed by atoms with Gasteiger partial charge in [0.25, 0.3) is 0 Å². The molecule has 0 saturated carbocycles. The van der Waals surface area contributed by atoms with Crippen LogP contribution in [-0.2, 0) is 9.59 Å². The summed E-state index contributed by atoms with van der Waals surface area (Å²) in [6, 6.07) is 11.3. The van der Waals surface area contributed by atoms with Gasteiger partial charge in [0, 0.05) is 13.5 Å². The quantitative estimate of drug-likeness (QED) is 0.892. The maximum Gasteiger partial charge on any atom is 0.238 e. The SMILES string of the molecule is CN1C(=O)C[C@@H](C(=O)Nc2ccccc2F)SC1=Nc1ccc(F)cc1. The molecule has 134 valence electrons. The molecule has 1 heterocycles. The number of rotatable bonds is 3. The van der Waals surface area contributed by atoms with Gasteiger partial charge in [0.05, 0.1) is 11.4 Å². The van der Waals surface area contributed by atoms with Crippen molar-refractivity contribution in [2.24, 2.45) is 4.99 Å². The van der Waals surface area contributed by atoms with Crippen molar-refractivity contribution in [2.45, 2.75) is 11.7 Å². The molecule has 3 rings (SSSR count). The van der Waals surface area contributed by atoms with E-state index in [0.29, 0.717) is 10.9 Å². The number of carbonyl (C=O) groups is 2. The summed E-state index contributed by atoms with van der Waals surface area (Å²) in [4.78, 5) is 30.3. The van der Waals surface area contributed by atoms with Crippen LogP contribution in [0.4, 0.5) is 20.2 Å². The highest BCUT2D eigenvalue weighted by molar-refractivity contribution is 8.15. The Morgan fingerprint density at radius 2 is 1.88 bits per heavy atom. The minimum absolute atomic E-state index is 0.0239. The third kappa shape index (κ3) is 4.08. The summed E-state index contributed by atoms with van der Waals surface area (Å²) in [5.41, 5.74) is 0.519. The Bertz CT molecular complexity index is 871. The van der Waals surface area contributed by atoms with Gasteiger partial charge in [-0.3, -0.25) is 14.5 Å². The average molecular weight is 375 g/mol. The van der Waals surface area contributed by atoms with E-state index in [0.717, 1.165) is 11.8 Å². The van der Waals surface area contributed by atoms with Gasteiger partial charge in [0.2, 0.25) is 11.8 Å². The number of aliphatic imine (C=N–C) groups is 1. The third-order valence-corrected chi connectivity index (χ3v) is 4.99. The molecular formula is C18H15F2N3O2S. The van der Waals surface area contributed by atoms with Crippen LogP contribution in [0.25, 0.3) is 0 Å². The van der Waals surface area contributed by atoms with E-state index in [1.165, 1.54) is 47.4 Å². The van der Waals surface area contributed by atoms with Gasteiger partial charge in [-0.15, -0.1) is 0 Å². The van der Waals surface area contributed by atoms with Crippen LogP contribution in [0.5, 0.6) is 0 Å². The maximum absolute atomic E-state index is 13.7. The second kappa shape index (κ2) is 7.65. The molecule has 1 fully saturated rings. The second-order valence-electron chi connectivity index (χ2n) is 5.60. The molecule has 8 heteroatoms. The highest BCUT2D eigenvalue weighted by Crippen LogP contribution is 2.29. The zero-order valence-corrected chi connectivity index (χ0v) is 14.6. The molecule has 2 amide bonds. The van der Waals surface area contributed by atoms with E-state index in [2.05, 4.69) is 10.3 Å². The average Bonchev–Trinajstić information content (AvgIpc) is 2.62. The molecule has 1 saturated heterocycles. The predicted molar refractivity (Wildman–Crippen MR) is 97.3 cm³/mol. The van der Waals surface area contributed by atoms with E-state index in [9.17, 15) is 18.4 Å². The fourth-order valence-corrected chi connectivity index (χ4v) is 3.36. The first kappa shape index (κ1) is 18.1. The first-order valence-electron chi connectivity index (χ1n) is 7.77. The molecule has 0 unspecified atom stereocenters. The van der Waals surface area contributed by atoms with Crippen LogP contribution in [0.1, 0.15) is 6.42 Å². The minimum atomic E-state index is -0.738. The molecule has 2 aromatic carbocycles. The first-order chi connectivity index (χ1) is 12.4. The van der Waals surface area contributed by atoms with Gasteiger partial charge >= 0.3 is 0 Å². The number of nitrogens with zero attached hydrogens (tertiary/aromatic N) is 2. The summed E-state index contributed by atoms with van der Waals surface area (Å²) < 4.78 is 26.7. The van der Waals surface area contributed by atoms with E-state index < -0.39 is 22.8 Å². The fourth-order valence-electron chi connectivity index (χ4n) is 2.30.